The van der Waals surface area contributed by atoms with Gasteiger partial charge in [0.1, 0.15) is 5.54 Å². The van der Waals surface area contributed by atoms with E-state index in [4.69, 9.17) is 0 Å². The van der Waals surface area contributed by atoms with E-state index in [1.165, 1.54) is 6.20 Å². The number of carbonyl (C=O) groups excluding carboxylic acids is 2. The Morgan fingerprint density at radius 3 is 2.82 bits per heavy atom. The molecule has 1 fully saturated rings. The minimum absolute atomic E-state index is 0.127. The molecule has 2 amide bonds. The molecule has 1 saturated heterocycles. The van der Waals surface area contributed by atoms with Crippen molar-refractivity contribution in [2.45, 2.75) is 26.3 Å². The minimum atomic E-state index is -0.820. The molecule has 0 unspecified atom stereocenters. The summed E-state index contributed by atoms with van der Waals surface area (Å²) in [4.78, 5) is 25.7. The van der Waals surface area contributed by atoms with Crippen LogP contribution in [0, 0.1) is 6.92 Å². The second-order valence-electron chi connectivity index (χ2n) is 4.68. The zero-order valence-corrected chi connectivity index (χ0v) is 10.2. The molecule has 17 heavy (non-hydrogen) atoms. The van der Waals surface area contributed by atoms with Gasteiger partial charge in [-0.1, -0.05) is 0 Å². The van der Waals surface area contributed by atoms with Crippen molar-refractivity contribution in [3.05, 3.63) is 17.5 Å². The molecule has 2 N–H and O–H groups in total. The largest absolute Gasteiger partial charge is 0.352 e. The standard InChI is InChI=1S/C11H16N4O2/c1-7-8(6-13-14-7)9(16)15-5-4-12-10(17)11(15,2)3/h6H,4-5H2,1-3H3,(H,12,17)(H,13,14). The number of aromatic nitrogens is 2. The molecule has 2 heterocycles. The van der Waals surface area contributed by atoms with Gasteiger partial charge in [0.2, 0.25) is 5.91 Å². The molecule has 92 valence electrons. The third-order valence-corrected chi connectivity index (χ3v) is 3.16. The summed E-state index contributed by atoms with van der Waals surface area (Å²) in [5.74, 6) is -0.283. The van der Waals surface area contributed by atoms with Gasteiger partial charge in [0.25, 0.3) is 5.91 Å². The van der Waals surface area contributed by atoms with Gasteiger partial charge in [-0.25, -0.2) is 0 Å². The van der Waals surface area contributed by atoms with Crippen LogP contribution in [-0.4, -0.2) is 45.5 Å². The van der Waals surface area contributed by atoms with Crippen molar-refractivity contribution >= 4 is 11.8 Å². The van der Waals surface area contributed by atoms with E-state index in [0.29, 0.717) is 18.7 Å². The van der Waals surface area contributed by atoms with E-state index in [1.54, 1.807) is 25.7 Å². The summed E-state index contributed by atoms with van der Waals surface area (Å²) >= 11 is 0. The van der Waals surface area contributed by atoms with Crippen molar-refractivity contribution in [3.8, 4) is 0 Å². The van der Waals surface area contributed by atoms with Crippen molar-refractivity contribution in [3.63, 3.8) is 0 Å². The van der Waals surface area contributed by atoms with Gasteiger partial charge >= 0.3 is 0 Å². The highest BCUT2D eigenvalue weighted by Crippen LogP contribution is 2.21. The van der Waals surface area contributed by atoms with E-state index in [9.17, 15) is 9.59 Å². The summed E-state index contributed by atoms with van der Waals surface area (Å²) in [6.07, 6.45) is 1.50. The van der Waals surface area contributed by atoms with Crippen LogP contribution in [0.5, 0.6) is 0 Å². The van der Waals surface area contributed by atoms with E-state index in [2.05, 4.69) is 15.5 Å². The third-order valence-electron chi connectivity index (χ3n) is 3.16. The predicted molar refractivity (Wildman–Crippen MR) is 61.4 cm³/mol. The number of nitrogens with zero attached hydrogens (tertiary/aromatic N) is 2. The molecule has 0 aliphatic carbocycles. The average molecular weight is 236 g/mol. The number of aryl methyl sites for hydroxylation is 1. The molecule has 2 rings (SSSR count). The van der Waals surface area contributed by atoms with Crippen LogP contribution in [0.3, 0.4) is 0 Å². The van der Waals surface area contributed by atoms with E-state index >= 15 is 0 Å². The molecule has 1 aliphatic rings. The van der Waals surface area contributed by atoms with Crippen LogP contribution in [0.4, 0.5) is 0 Å². The SMILES string of the molecule is Cc1[nH]ncc1C(=O)N1CCNC(=O)C1(C)C. The number of H-pyrrole nitrogens is 1. The van der Waals surface area contributed by atoms with Crippen molar-refractivity contribution in [2.75, 3.05) is 13.1 Å². The number of amides is 2. The summed E-state index contributed by atoms with van der Waals surface area (Å²) in [6, 6.07) is 0. The number of rotatable bonds is 1. The fraction of sp³-hybridized carbons (Fsp3) is 0.545. The van der Waals surface area contributed by atoms with Gasteiger partial charge in [-0.2, -0.15) is 5.10 Å². The van der Waals surface area contributed by atoms with Gasteiger partial charge in [-0.15, -0.1) is 0 Å². The lowest BCUT2D eigenvalue weighted by Crippen LogP contribution is -2.63. The second-order valence-corrected chi connectivity index (χ2v) is 4.68. The summed E-state index contributed by atoms with van der Waals surface area (Å²) < 4.78 is 0. The van der Waals surface area contributed by atoms with Crippen LogP contribution in [0.15, 0.2) is 6.20 Å². The first-order valence-electron chi connectivity index (χ1n) is 5.55. The number of aromatic amines is 1. The normalized spacial score (nSPS) is 19.0. The first-order chi connectivity index (χ1) is 7.94. The Kier molecular flexibility index (Phi) is 2.65. The predicted octanol–water partition coefficient (Wildman–Crippen LogP) is 0.0687. The molecule has 1 aromatic heterocycles. The average Bonchev–Trinajstić information content (AvgIpc) is 2.68. The molecule has 0 atom stereocenters. The highest BCUT2D eigenvalue weighted by molar-refractivity contribution is 6.00. The van der Waals surface area contributed by atoms with Gasteiger partial charge < -0.3 is 10.2 Å². The Labute approximate surface area is 99.4 Å². The second kappa shape index (κ2) is 3.87. The lowest BCUT2D eigenvalue weighted by atomic mass is 9.98. The third kappa shape index (κ3) is 1.79. The van der Waals surface area contributed by atoms with E-state index < -0.39 is 5.54 Å². The Morgan fingerprint density at radius 1 is 1.53 bits per heavy atom. The van der Waals surface area contributed by atoms with Crippen LogP contribution in [-0.2, 0) is 4.79 Å². The van der Waals surface area contributed by atoms with Crippen molar-refractivity contribution < 1.29 is 9.59 Å². The number of hydrogen-bond donors (Lipinski definition) is 2. The molecule has 0 radical (unpaired) electrons. The smallest absolute Gasteiger partial charge is 0.258 e. The zero-order chi connectivity index (χ0) is 12.6. The van der Waals surface area contributed by atoms with Crippen molar-refractivity contribution in [1.82, 2.24) is 20.4 Å². The monoisotopic (exact) mass is 236 g/mol. The van der Waals surface area contributed by atoms with Gasteiger partial charge in [0.05, 0.1) is 11.8 Å². The Bertz CT molecular complexity index is 464. The molecule has 1 aliphatic heterocycles. The van der Waals surface area contributed by atoms with Gasteiger partial charge in [-0.3, -0.25) is 14.7 Å². The summed E-state index contributed by atoms with van der Waals surface area (Å²) in [5.41, 5.74) is 0.420. The van der Waals surface area contributed by atoms with E-state index in [-0.39, 0.29) is 11.8 Å². The van der Waals surface area contributed by atoms with Gasteiger partial charge in [0, 0.05) is 18.8 Å². The number of carbonyl (C=O) groups is 2. The van der Waals surface area contributed by atoms with Crippen LogP contribution in [0.2, 0.25) is 0 Å². The molecule has 6 nitrogen and oxygen atoms in total. The van der Waals surface area contributed by atoms with Crippen molar-refractivity contribution in [2.24, 2.45) is 0 Å². The highest BCUT2D eigenvalue weighted by atomic mass is 16.2. The Balaban J connectivity index is 2.31. The molecular weight excluding hydrogens is 220 g/mol. The van der Waals surface area contributed by atoms with Crippen LogP contribution in [0.1, 0.15) is 29.9 Å². The number of hydrogen-bond acceptors (Lipinski definition) is 3. The zero-order valence-electron chi connectivity index (χ0n) is 10.2. The molecule has 6 heteroatoms. The molecule has 0 bridgehead atoms. The first-order valence-corrected chi connectivity index (χ1v) is 5.55. The summed E-state index contributed by atoms with van der Waals surface area (Å²) in [7, 11) is 0. The molecule has 1 aromatic rings. The summed E-state index contributed by atoms with van der Waals surface area (Å²) in [6.45, 7) is 6.29. The Hall–Kier alpha value is -1.85. The number of piperazine rings is 1. The number of nitrogens with one attached hydrogen (secondary N) is 2. The highest BCUT2D eigenvalue weighted by Gasteiger charge is 2.41. The maximum Gasteiger partial charge on any atom is 0.258 e. The first kappa shape index (κ1) is 11.6. The summed E-state index contributed by atoms with van der Waals surface area (Å²) in [5, 5.41) is 9.32. The van der Waals surface area contributed by atoms with Crippen molar-refractivity contribution in [1.29, 1.82) is 0 Å². The maximum absolute atomic E-state index is 12.3. The van der Waals surface area contributed by atoms with Crippen LogP contribution >= 0.6 is 0 Å². The lowest BCUT2D eigenvalue weighted by molar-refractivity contribution is -0.133. The molecule has 0 saturated carbocycles. The Morgan fingerprint density at radius 2 is 2.24 bits per heavy atom. The van der Waals surface area contributed by atoms with E-state index in [0.717, 1.165) is 5.69 Å². The fourth-order valence-electron chi connectivity index (χ4n) is 1.97. The molecular formula is C11H16N4O2. The molecule has 0 spiro atoms. The minimum Gasteiger partial charge on any atom is -0.352 e. The van der Waals surface area contributed by atoms with E-state index in [1.807, 2.05) is 0 Å². The van der Waals surface area contributed by atoms with Gasteiger partial charge in [-0.05, 0) is 20.8 Å². The maximum atomic E-state index is 12.3. The van der Waals surface area contributed by atoms with Crippen LogP contribution < -0.4 is 5.32 Å². The topological polar surface area (TPSA) is 78.1 Å². The molecule has 0 aromatic carbocycles. The van der Waals surface area contributed by atoms with Crippen LogP contribution in [0.25, 0.3) is 0 Å². The van der Waals surface area contributed by atoms with Gasteiger partial charge in [0.15, 0.2) is 0 Å². The fourth-order valence-corrected chi connectivity index (χ4v) is 1.97. The quantitative estimate of drug-likeness (QED) is 0.724. The lowest BCUT2D eigenvalue weighted by Gasteiger charge is -2.41.